The Morgan fingerprint density at radius 1 is 1.28 bits per heavy atom. The fourth-order valence-corrected chi connectivity index (χ4v) is 3.85. The Hall–Kier alpha value is -2.80. The van der Waals surface area contributed by atoms with Gasteiger partial charge in [-0.25, -0.2) is 4.52 Å². The molecule has 4 rings (SSSR count). The molecule has 1 atom stereocenters. The Labute approximate surface area is 146 Å². The lowest BCUT2D eigenvalue weighted by Gasteiger charge is -2.09. The highest BCUT2D eigenvalue weighted by atomic mass is 32.1. The number of thiazole rings is 1. The zero-order chi connectivity index (χ0) is 17.6. The van der Waals surface area contributed by atoms with Crippen molar-refractivity contribution >= 4 is 43.3 Å². The van der Waals surface area contributed by atoms with E-state index in [2.05, 4.69) is 10.1 Å². The summed E-state index contributed by atoms with van der Waals surface area (Å²) in [6, 6.07) is 12.0. The summed E-state index contributed by atoms with van der Waals surface area (Å²) in [6.07, 6.45) is 0. The molecule has 25 heavy (non-hydrogen) atoms. The lowest BCUT2D eigenvalue weighted by molar-refractivity contribution is -0.144. The number of hydrogen-bond acceptors (Lipinski definition) is 6. The van der Waals surface area contributed by atoms with Crippen LogP contribution in [-0.2, 0) is 9.53 Å². The van der Waals surface area contributed by atoms with Crippen molar-refractivity contribution in [2.45, 2.75) is 19.8 Å². The van der Waals surface area contributed by atoms with Crippen molar-refractivity contribution in [3.8, 4) is 0 Å². The molecule has 0 spiro atoms. The Morgan fingerprint density at radius 2 is 2.08 bits per heavy atom. The molecule has 0 N–H and O–H groups in total. The van der Waals surface area contributed by atoms with Crippen LogP contribution in [0, 0.1) is 0 Å². The zero-order valence-electron chi connectivity index (χ0n) is 13.7. The average molecular weight is 353 g/mol. The van der Waals surface area contributed by atoms with E-state index in [0.29, 0.717) is 4.96 Å². The van der Waals surface area contributed by atoms with Gasteiger partial charge in [0.05, 0.1) is 16.8 Å². The minimum Gasteiger partial charge on any atom is -0.465 e. The van der Waals surface area contributed by atoms with Crippen molar-refractivity contribution in [2.75, 3.05) is 6.61 Å². The van der Waals surface area contributed by atoms with Gasteiger partial charge in [-0.3, -0.25) is 9.59 Å². The summed E-state index contributed by atoms with van der Waals surface area (Å²) in [5.74, 6) is -1.24. The Kier molecular flexibility index (Phi) is 3.73. The first-order valence-electron chi connectivity index (χ1n) is 7.98. The number of esters is 1. The van der Waals surface area contributed by atoms with E-state index >= 15 is 0 Å². The number of aromatic nitrogens is 3. The van der Waals surface area contributed by atoms with Gasteiger partial charge in [0, 0.05) is 5.39 Å². The lowest BCUT2D eigenvalue weighted by Crippen LogP contribution is -2.25. The molecule has 0 aliphatic carbocycles. The van der Waals surface area contributed by atoms with Crippen molar-refractivity contribution in [3.63, 3.8) is 0 Å². The molecule has 0 amide bonds. The first-order chi connectivity index (χ1) is 12.1. The van der Waals surface area contributed by atoms with Crippen LogP contribution < -0.4 is 5.56 Å². The third-order valence-electron chi connectivity index (χ3n) is 4.13. The van der Waals surface area contributed by atoms with Crippen molar-refractivity contribution in [1.82, 2.24) is 14.6 Å². The van der Waals surface area contributed by atoms with Crippen molar-refractivity contribution in [3.05, 3.63) is 52.4 Å². The van der Waals surface area contributed by atoms with E-state index < -0.39 is 17.4 Å². The van der Waals surface area contributed by atoms with Crippen molar-refractivity contribution in [1.29, 1.82) is 0 Å². The second-order valence-corrected chi connectivity index (χ2v) is 6.71. The molecular formula is C18H15N3O3S. The number of carbonyl (C=O) groups excluding carboxylic acids is 1. The normalized spacial score (nSPS) is 12.7. The van der Waals surface area contributed by atoms with Crippen LogP contribution in [0.2, 0.25) is 0 Å². The second-order valence-electron chi connectivity index (χ2n) is 5.71. The van der Waals surface area contributed by atoms with Crippen LogP contribution in [0.15, 0.2) is 41.2 Å². The minimum atomic E-state index is -0.762. The maximum absolute atomic E-state index is 12.3. The third kappa shape index (κ3) is 2.47. The standard InChI is InChI=1S/C18H15N3O3S/c1-3-24-17(23)10(2)14-16(22)19-18-21(20-14)15-12-7-5-4-6-11(12)8-9-13(15)25-18/h4-10H,3H2,1-2H3. The van der Waals surface area contributed by atoms with Crippen LogP contribution in [0.5, 0.6) is 0 Å². The number of rotatable bonds is 3. The summed E-state index contributed by atoms with van der Waals surface area (Å²) in [6.45, 7) is 3.60. The third-order valence-corrected chi connectivity index (χ3v) is 5.13. The summed E-state index contributed by atoms with van der Waals surface area (Å²) in [4.78, 5) is 29.0. The van der Waals surface area contributed by atoms with E-state index in [-0.39, 0.29) is 12.3 Å². The first kappa shape index (κ1) is 15.7. The van der Waals surface area contributed by atoms with Gasteiger partial charge in [0.1, 0.15) is 11.6 Å². The number of carbonyl (C=O) groups is 1. The Bertz CT molecular complexity index is 1180. The molecule has 2 aromatic heterocycles. The largest absolute Gasteiger partial charge is 0.465 e. The fraction of sp³-hybridized carbons (Fsp3) is 0.222. The quantitative estimate of drug-likeness (QED) is 0.529. The molecule has 7 heteroatoms. The smallest absolute Gasteiger partial charge is 0.315 e. The van der Waals surface area contributed by atoms with Crippen LogP contribution in [0.4, 0.5) is 0 Å². The van der Waals surface area contributed by atoms with Crippen molar-refractivity contribution in [2.24, 2.45) is 0 Å². The SMILES string of the molecule is CCOC(=O)C(C)c1nn2c(nc1=O)sc1ccc3ccccc3c12. The van der Waals surface area contributed by atoms with E-state index in [9.17, 15) is 9.59 Å². The van der Waals surface area contributed by atoms with Gasteiger partial charge >= 0.3 is 5.97 Å². The molecule has 1 unspecified atom stereocenters. The number of ether oxygens (including phenoxy) is 1. The van der Waals surface area contributed by atoms with Crippen LogP contribution in [-0.4, -0.2) is 27.2 Å². The fourth-order valence-electron chi connectivity index (χ4n) is 2.88. The van der Waals surface area contributed by atoms with Gasteiger partial charge in [-0.2, -0.15) is 10.1 Å². The van der Waals surface area contributed by atoms with Crippen LogP contribution in [0.3, 0.4) is 0 Å². The summed E-state index contributed by atoms with van der Waals surface area (Å²) in [5, 5.41) is 6.57. The molecule has 126 valence electrons. The van der Waals surface area contributed by atoms with Gasteiger partial charge < -0.3 is 4.74 Å². The van der Waals surface area contributed by atoms with E-state index in [4.69, 9.17) is 4.74 Å². The summed E-state index contributed by atoms with van der Waals surface area (Å²) >= 11 is 1.40. The van der Waals surface area contributed by atoms with Crippen LogP contribution in [0.1, 0.15) is 25.5 Å². The highest BCUT2D eigenvalue weighted by Crippen LogP contribution is 2.30. The topological polar surface area (TPSA) is 73.6 Å². The summed E-state index contributed by atoms with van der Waals surface area (Å²) in [5.41, 5.74) is 0.503. The molecule has 0 saturated carbocycles. The van der Waals surface area contributed by atoms with Crippen LogP contribution >= 0.6 is 11.3 Å². The Morgan fingerprint density at radius 3 is 2.88 bits per heavy atom. The molecule has 0 aliphatic heterocycles. The van der Waals surface area contributed by atoms with Gasteiger partial charge in [-0.05, 0) is 25.3 Å². The molecule has 0 aliphatic rings. The summed E-state index contributed by atoms with van der Waals surface area (Å²) in [7, 11) is 0. The monoisotopic (exact) mass is 353 g/mol. The van der Waals surface area contributed by atoms with Crippen molar-refractivity contribution < 1.29 is 9.53 Å². The van der Waals surface area contributed by atoms with Gasteiger partial charge in [-0.15, -0.1) is 0 Å². The van der Waals surface area contributed by atoms with E-state index in [1.165, 1.54) is 11.3 Å². The molecule has 0 radical (unpaired) electrons. The average Bonchev–Trinajstić information content (AvgIpc) is 2.98. The molecule has 2 heterocycles. The first-order valence-corrected chi connectivity index (χ1v) is 8.79. The molecular weight excluding hydrogens is 338 g/mol. The number of nitrogens with zero attached hydrogens (tertiary/aromatic N) is 3. The molecule has 2 aromatic carbocycles. The number of benzene rings is 2. The lowest BCUT2D eigenvalue weighted by atomic mass is 10.1. The predicted octanol–water partition coefficient (Wildman–Crippen LogP) is 3.12. The Balaban J connectivity index is 2.03. The van der Waals surface area contributed by atoms with Gasteiger partial charge in [0.25, 0.3) is 5.56 Å². The van der Waals surface area contributed by atoms with Gasteiger partial charge in [0.2, 0.25) is 4.96 Å². The minimum absolute atomic E-state index is 0.101. The number of hydrogen-bond donors (Lipinski definition) is 0. The molecule has 0 saturated heterocycles. The van der Waals surface area contributed by atoms with Gasteiger partial charge in [-0.1, -0.05) is 41.7 Å². The second kappa shape index (κ2) is 5.93. The maximum atomic E-state index is 12.3. The maximum Gasteiger partial charge on any atom is 0.315 e. The molecule has 6 nitrogen and oxygen atoms in total. The van der Waals surface area contributed by atoms with Crippen LogP contribution in [0.25, 0.3) is 25.9 Å². The highest BCUT2D eigenvalue weighted by Gasteiger charge is 2.23. The predicted molar refractivity (Wildman–Crippen MR) is 97.2 cm³/mol. The van der Waals surface area contributed by atoms with E-state index in [1.54, 1.807) is 18.4 Å². The zero-order valence-corrected chi connectivity index (χ0v) is 14.5. The van der Waals surface area contributed by atoms with Gasteiger partial charge in [0.15, 0.2) is 0 Å². The molecule has 0 fully saturated rings. The highest BCUT2D eigenvalue weighted by molar-refractivity contribution is 7.23. The number of fused-ring (bicyclic) bond motifs is 5. The van der Waals surface area contributed by atoms with E-state index in [0.717, 1.165) is 21.0 Å². The molecule has 0 bridgehead atoms. The summed E-state index contributed by atoms with van der Waals surface area (Å²) < 4.78 is 7.66. The van der Waals surface area contributed by atoms with E-state index in [1.807, 2.05) is 36.4 Å². The molecule has 4 aromatic rings.